The van der Waals surface area contributed by atoms with E-state index in [-0.39, 0.29) is 6.54 Å². The molecule has 20 heavy (non-hydrogen) atoms. The van der Waals surface area contributed by atoms with Crippen molar-refractivity contribution < 1.29 is 13.2 Å². The maximum atomic E-state index is 12.1. The van der Waals surface area contributed by atoms with Crippen LogP contribution in [-0.4, -0.2) is 44.0 Å². The minimum Gasteiger partial charge on any atom is -0.389 e. The Hall–Kier alpha value is -1.06. The number of nitrogens with two attached hydrogens (primary N) is 1. The monoisotopic (exact) mass is 315 g/mol. The maximum Gasteiger partial charge on any atom is 0.279 e. The van der Waals surface area contributed by atoms with Crippen LogP contribution < -0.4 is 10.5 Å². The van der Waals surface area contributed by atoms with Gasteiger partial charge in [-0.25, -0.2) is 0 Å². The number of nitrogens with one attached hydrogen (secondary N) is 1. The molecule has 8 heteroatoms. The first-order chi connectivity index (χ1) is 9.49. The zero-order valence-electron chi connectivity index (χ0n) is 10.9. The van der Waals surface area contributed by atoms with E-state index in [1.54, 1.807) is 18.2 Å². The number of benzene rings is 1. The van der Waals surface area contributed by atoms with Crippen molar-refractivity contribution in [2.24, 2.45) is 5.73 Å². The lowest BCUT2D eigenvalue weighted by Gasteiger charge is -2.26. The summed E-state index contributed by atoms with van der Waals surface area (Å²) in [6.45, 7) is 1.82. The fourth-order valence-corrected chi connectivity index (χ4v) is 3.18. The standard InChI is InChI=1S/C12H17N3O3S2/c13-12(19)11-3-1-2-10(8-11)9-14-20(16,17)15-4-6-18-7-5-15/h1-3,8,14H,4-7,9H2,(H2,13,19). The number of thiocarbonyl (C=S) groups is 1. The van der Waals surface area contributed by atoms with Gasteiger partial charge in [0.2, 0.25) is 0 Å². The highest BCUT2D eigenvalue weighted by Crippen LogP contribution is 2.08. The van der Waals surface area contributed by atoms with E-state index in [2.05, 4.69) is 4.72 Å². The van der Waals surface area contributed by atoms with E-state index in [0.717, 1.165) is 11.1 Å². The molecule has 0 spiro atoms. The molecule has 1 aromatic rings. The Morgan fingerprint density at radius 3 is 2.75 bits per heavy atom. The van der Waals surface area contributed by atoms with E-state index in [1.807, 2.05) is 6.07 Å². The predicted molar refractivity (Wildman–Crippen MR) is 80.5 cm³/mol. The lowest BCUT2D eigenvalue weighted by Crippen LogP contribution is -2.46. The summed E-state index contributed by atoms with van der Waals surface area (Å²) in [7, 11) is -3.48. The summed E-state index contributed by atoms with van der Waals surface area (Å²) in [6, 6.07) is 7.20. The molecule has 1 saturated heterocycles. The van der Waals surface area contributed by atoms with Crippen molar-refractivity contribution >= 4 is 27.4 Å². The van der Waals surface area contributed by atoms with Crippen LogP contribution >= 0.6 is 12.2 Å². The smallest absolute Gasteiger partial charge is 0.279 e. The van der Waals surface area contributed by atoms with E-state index >= 15 is 0 Å². The van der Waals surface area contributed by atoms with Gasteiger partial charge in [0, 0.05) is 25.2 Å². The Morgan fingerprint density at radius 2 is 2.10 bits per heavy atom. The highest BCUT2D eigenvalue weighted by atomic mass is 32.2. The van der Waals surface area contributed by atoms with Gasteiger partial charge in [-0.15, -0.1) is 0 Å². The predicted octanol–water partition coefficient (Wildman–Crippen LogP) is -0.0126. The third kappa shape index (κ3) is 3.97. The largest absolute Gasteiger partial charge is 0.389 e. The molecule has 0 bridgehead atoms. The minimum atomic E-state index is -3.48. The van der Waals surface area contributed by atoms with E-state index < -0.39 is 10.2 Å². The fraction of sp³-hybridized carbons (Fsp3) is 0.417. The molecule has 0 aliphatic carbocycles. The van der Waals surface area contributed by atoms with Gasteiger partial charge in [0.25, 0.3) is 10.2 Å². The van der Waals surface area contributed by atoms with Crippen LogP contribution in [0, 0.1) is 0 Å². The summed E-state index contributed by atoms with van der Waals surface area (Å²) in [5.41, 5.74) is 7.09. The lowest BCUT2D eigenvalue weighted by molar-refractivity contribution is 0.0725. The Balaban J connectivity index is 2.00. The zero-order valence-corrected chi connectivity index (χ0v) is 12.5. The van der Waals surface area contributed by atoms with Gasteiger partial charge in [-0.3, -0.25) is 0 Å². The third-order valence-electron chi connectivity index (χ3n) is 2.98. The van der Waals surface area contributed by atoms with Crippen LogP contribution in [0.2, 0.25) is 0 Å². The van der Waals surface area contributed by atoms with Gasteiger partial charge >= 0.3 is 0 Å². The molecule has 1 fully saturated rings. The van der Waals surface area contributed by atoms with Crippen LogP contribution in [0.4, 0.5) is 0 Å². The second-order valence-corrected chi connectivity index (χ2v) is 6.60. The van der Waals surface area contributed by atoms with Crippen LogP contribution in [0.5, 0.6) is 0 Å². The van der Waals surface area contributed by atoms with Crippen molar-refractivity contribution in [3.8, 4) is 0 Å². The van der Waals surface area contributed by atoms with Gasteiger partial charge in [-0.2, -0.15) is 17.4 Å². The summed E-state index contributed by atoms with van der Waals surface area (Å²) >= 11 is 4.90. The van der Waals surface area contributed by atoms with Crippen LogP contribution in [0.15, 0.2) is 24.3 Å². The van der Waals surface area contributed by atoms with Gasteiger partial charge < -0.3 is 10.5 Å². The van der Waals surface area contributed by atoms with E-state index in [1.165, 1.54) is 4.31 Å². The van der Waals surface area contributed by atoms with Crippen LogP contribution in [-0.2, 0) is 21.5 Å². The average Bonchev–Trinajstić information content (AvgIpc) is 2.46. The first-order valence-electron chi connectivity index (χ1n) is 6.20. The van der Waals surface area contributed by atoms with Crippen LogP contribution in [0.25, 0.3) is 0 Å². The number of hydrogen-bond acceptors (Lipinski definition) is 4. The molecule has 1 aliphatic heterocycles. The molecule has 0 atom stereocenters. The molecular weight excluding hydrogens is 298 g/mol. The van der Waals surface area contributed by atoms with Crippen molar-refractivity contribution in [2.75, 3.05) is 26.3 Å². The van der Waals surface area contributed by atoms with Gasteiger partial charge in [0.05, 0.1) is 13.2 Å². The number of hydrogen-bond donors (Lipinski definition) is 2. The number of morpholine rings is 1. The van der Waals surface area contributed by atoms with Crippen molar-refractivity contribution in [3.63, 3.8) is 0 Å². The summed E-state index contributed by atoms with van der Waals surface area (Å²) < 4.78 is 33.3. The first kappa shape index (κ1) is 15.3. The number of ether oxygens (including phenoxy) is 1. The summed E-state index contributed by atoms with van der Waals surface area (Å²) in [5.74, 6) is 0. The molecule has 2 rings (SSSR count). The molecule has 1 heterocycles. The summed E-state index contributed by atoms with van der Waals surface area (Å²) in [5, 5.41) is 0. The number of nitrogens with zero attached hydrogens (tertiary/aromatic N) is 1. The Bertz CT molecular complexity index is 583. The SMILES string of the molecule is NC(=S)c1cccc(CNS(=O)(=O)N2CCOCC2)c1. The molecule has 1 aliphatic rings. The lowest BCUT2D eigenvalue weighted by atomic mass is 10.1. The van der Waals surface area contributed by atoms with Gasteiger partial charge in [0.15, 0.2) is 0 Å². The second kappa shape index (κ2) is 6.59. The van der Waals surface area contributed by atoms with Crippen molar-refractivity contribution in [1.29, 1.82) is 0 Å². The molecule has 1 aromatic carbocycles. The van der Waals surface area contributed by atoms with Crippen molar-refractivity contribution in [3.05, 3.63) is 35.4 Å². The zero-order chi connectivity index (χ0) is 14.6. The third-order valence-corrected chi connectivity index (χ3v) is 4.77. The molecule has 0 radical (unpaired) electrons. The van der Waals surface area contributed by atoms with Crippen LogP contribution in [0.3, 0.4) is 0 Å². The topological polar surface area (TPSA) is 84.7 Å². The normalized spacial score (nSPS) is 17.0. The molecule has 0 aromatic heterocycles. The average molecular weight is 315 g/mol. The highest BCUT2D eigenvalue weighted by Gasteiger charge is 2.23. The summed E-state index contributed by atoms with van der Waals surface area (Å²) in [6.07, 6.45) is 0. The fourth-order valence-electron chi connectivity index (χ4n) is 1.89. The van der Waals surface area contributed by atoms with E-state index in [4.69, 9.17) is 22.7 Å². The Labute approximate surface area is 124 Å². The number of rotatable bonds is 5. The highest BCUT2D eigenvalue weighted by molar-refractivity contribution is 7.87. The maximum absolute atomic E-state index is 12.1. The molecule has 0 unspecified atom stereocenters. The van der Waals surface area contributed by atoms with Crippen molar-refractivity contribution in [2.45, 2.75) is 6.54 Å². The molecule has 6 nitrogen and oxygen atoms in total. The molecule has 0 amide bonds. The Kier molecular flexibility index (Phi) is 5.06. The van der Waals surface area contributed by atoms with Gasteiger partial charge in [-0.1, -0.05) is 30.4 Å². The second-order valence-electron chi connectivity index (χ2n) is 4.40. The summed E-state index contributed by atoms with van der Waals surface area (Å²) in [4.78, 5) is 0.294. The van der Waals surface area contributed by atoms with E-state index in [9.17, 15) is 8.42 Å². The Morgan fingerprint density at radius 1 is 1.40 bits per heavy atom. The van der Waals surface area contributed by atoms with Crippen molar-refractivity contribution in [1.82, 2.24) is 9.03 Å². The quantitative estimate of drug-likeness (QED) is 0.747. The molecular formula is C12H17N3O3S2. The molecule has 110 valence electrons. The first-order valence-corrected chi connectivity index (χ1v) is 8.05. The van der Waals surface area contributed by atoms with Gasteiger partial charge in [-0.05, 0) is 11.6 Å². The van der Waals surface area contributed by atoms with Crippen LogP contribution in [0.1, 0.15) is 11.1 Å². The minimum absolute atomic E-state index is 0.205. The van der Waals surface area contributed by atoms with E-state index in [0.29, 0.717) is 31.3 Å². The van der Waals surface area contributed by atoms with Gasteiger partial charge in [0.1, 0.15) is 4.99 Å². The molecule has 0 saturated carbocycles. The molecule has 3 N–H and O–H groups in total.